The lowest BCUT2D eigenvalue weighted by Crippen LogP contribution is -3.11. The third kappa shape index (κ3) is 3.22. The molecular formula is C19H28NO+. The lowest BCUT2D eigenvalue weighted by atomic mass is 9.74. The number of allylic oxidation sites excluding steroid dienone is 2. The highest BCUT2D eigenvalue weighted by Gasteiger charge is 2.36. The SMILES string of the molecule is CC1=C[C@@H](C)[C@H](C[NH+]2CCO[C@@H]2c2ccccc2)[C@@H](C)C1. The van der Waals surface area contributed by atoms with Gasteiger partial charge in [0, 0.05) is 11.5 Å². The van der Waals surface area contributed by atoms with Crippen LogP contribution in [0.25, 0.3) is 0 Å². The lowest BCUT2D eigenvalue weighted by Gasteiger charge is -2.35. The van der Waals surface area contributed by atoms with Gasteiger partial charge in [0.15, 0.2) is 0 Å². The van der Waals surface area contributed by atoms with Crippen molar-refractivity contribution in [1.82, 2.24) is 0 Å². The van der Waals surface area contributed by atoms with Gasteiger partial charge in [-0.3, -0.25) is 0 Å². The third-order valence-corrected chi connectivity index (χ3v) is 5.28. The Balaban J connectivity index is 1.72. The molecule has 5 atom stereocenters. The maximum atomic E-state index is 6.03. The number of rotatable bonds is 3. The molecule has 0 spiro atoms. The fraction of sp³-hybridized carbons (Fsp3) is 0.579. The van der Waals surface area contributed by atoms with Gasteiger partial charge in [0.05, 0.1) is 6.54 Å². The molecule has 0 saturated carbocycles. The zero-order valence-corrected chi connectivity index (χ0v) is 13.5. The number of benzene rings is 1. The third-order valence-electron chi connectivity index (χ3n) is 5.28. The van der Waals surface area contributed by atoms with Crippen LogP contribution >= 0.6 is 0 Å². The Morgan fingerprint density at radius 2 is 1.95 bits per heavy atom. The molecule has 0 bridgehead atoms. The molecule has 1 aliphatic carbocycles. The Kier molecular flexibility index (Phi) is 4.46. The average molecular weight is 286 g/mol. The summed E-state index contributed by atoms with van der Waals surface area (Å²) in [4.78, 5) is 1.61. The highest BCUT2D eigenvalue weighted by molar-refractivity contribution is 5.16. The van der Waals surface area contributed by atoms with E-state index in [9.17, 15) is 0 Å². The second-order valence-electron chi connectivity index (χ2n) is 6.99. The summed E-state index contributed by atoms with van der Waals surface area (Å²) >= 11 is 0. The standard InChI is InChI=1S/C19H27NO/c1-14-11-15(2)18(16(3)12-14)13-20-9-10-21-19(20)17-7-5-4-6-8-17/h4-8,11,15-16,18-19H,9-10,12-13H2,1-3H3/p+1/t15-,16+,18+,19-/m1/s1. The monoisotopic (exact) mass is 286 g/mol. The Bertz CT molecular complexity index is 496. The maximum Gasteiger partial charge on any atom is 0.218 e. The number of quaternary nitrogens is 1. The van der Waals surface area contributed by atoms with Crippen LogP contribution in [-0.2, 0) is 4.74 Å². The van der Waals surface area contributed by atoms with E-state index in [-0.39, 0.29) is 6.23 Å². The predicted molar refractivity (Wildman–Crippen MR) is 86.0 cm³/mol. The van der Waals surface area contributed by atoms with E-state index < -0.39 is 0 Å². The van der Waals surface area contributed by atoms with Crippen molar-refractivity contribution in [2.45, 2.75) is 33.4 Å². The Labute approximate surface area is 128 Å². The molecule has 114 valence electrons. The van der Waals surface area contributed by atoms with Crippen molar-refractivity contribution in [3.63, 3.8) is 0 Å². The summed E-state index contributed by atoms with van der Waals surface area (Å²) in [6, 6.07) is 10.7. The minimum absolute atomic E-state index is 0.234. The van der Waals surface area contributed by atoms with E-state index in [1.165, 1.54) is 18.5 Å². The molecule has 0 aromatic heterocycles. The average Bonchev–Trinajstić information content (AvgIpc) is 2.92. The van der Waals surface area contributed by atoms with Gasteiger partial charge in [0.25, 0.3) is 0 Å². The molecule has 0 radical (unpaired) electrons. The van der Waals surface area contributed by atoms with Gasteiger partial charge < -0.3 is 9.64 Å². The largest absolute Gasteiger partial charge is 0.319 e. The van der Waals surface area contributed by atoms with E-state index >= 15 is 0 Å². The van der Waals surface area contributed by atoms with E-state index in [4.69, 9.17) is 4.74 Å². The van der Waals surface area contributed by atoms with Crippen LogP contribution in [0.15, 0.2) is 42.0 Å². The molecule has 1 heterocycles. The Hall–Kier alpha value is -1.12. The molecule has 2 heteroatoms. The molecule has 1 aromatic rings. The molecule has 1 saturated heterocycles. The normalized spacial score (nSPS) is 36.5. The minimum Gasteiger partial charge on any atom is -0.319 e. The summed E-state index contributed by atoms with van der Waals surface area (Å²) in [7, 11) is 0. The molecule has 21 heavy (non-hydrogen) atoms. The first-order valence-corrected chi connectivity index (χ1v) is 8.33. The number of nitrogens with one attached hydrogen (secondary N) is 1. The topological polar surface area (TPSA) is 13.7 Å². The van der Waals surface area contributed by atoms with Crippen LogP contribution < -0.4 is 4.90 Å². The van der Waals surface area contributed by atoms with Gasteiger partial charge in [-0.25, -0.2) is 0 Å². The van der Waals surface area contributed by atoms with Crippen LogP contribution in [0.5, 0.6) is 0 Å². The molecule has 1 aromatic carbocycles. The maximum absolute atomic E-state index is 6.03. The van der Waals surface area contributed by atoms with E-state index in [0.29, 0.717) is 5.92 Å². The molecule has 2 nitrogen and oxygen atoms in total. The second kappa shape index (κ2) is 6.33. The quantitative estimate of drug-likeness (QED) is 0.844. The smallest absolute Gasteiger partial charge is 0.218 e. The van der Waals surface area contributed by atoms with E-state index in [0.717, 1.165) is 25.0 Å². The Morgan fingerprint density at radius 3 is 2.67 bits per heavy atom. The van der Waals surface area contributed by atoms with Gasteiger partial charge in [0.2, 0.25) is 6.23 Å². The summed E-state index contributed by atoms with van der Waals surface area (Å²) in [5, 5.41) is 0. The second-order valence-corrected chi connectivity index (χ2v) is 6.99. The van der Waals surface area contributed by atoms with Crippen molar-refractivity contribution in [3.05, 3.63) is 47.5 Å². The lowest BCUT2D eigenvalue weighted by molar-refractivity contribution is -0.935. The molecule has 1 unspecified atom stereocenters. The summed E-state index contributed by atoms with van der Waals surface area (Å²) in [5.41, 5.74) is 2.89. The first-order chi connectivity index (χ1) is 10.1. The summed E-state index contributed by atoms with van der Waals surface area (Å²) in [6.45, 7) is 10.3. The molecule has 1 fully saturated rings. The summed E-state index contributed by atoms with van der Waals surface area (Å²) < 4.78 is 6.03. The molecule has 0 amide bonds. The number of ether oxygens (including phenoxy) is 1. The van der Waals surface area contributed by atoms with Crippen LogP contribution in [0.4, 0.5) is 0 Å². The van der Waals surface area contributed by atoms with E-state index in [2.05, 4.69) is 57.2 Å². The van der Waals surface area contributed by atoms with Crippen molar-refractivity contribution < 1.29 is 9.64 Å². The van der Waals surface area contributed by atoms with Crippen LogP contribution in [0.2, 0.25) is 0 Å². The Morgan fingerprint density at radius 1 is 1.19 bits per heavy atom. The first-order valence-electron chi connectivity index (χ1n) is 8.33. The molecule has 2 aliphatic rings. The first kappa shape index (κ1) is 14.8. The van der Waals surface area contributed by atoms with Crippen LogP contribution in [0, 0.1) is 17.8 Å². The van der Waals surface area contributed by atoms with Gasteiger partial charge in [-0.15, -0.1) is 0 Å². The molecule has 1 N–H and O–H groups in total. The van der Waals surface area contributed by atoms with Crippen LogP contribution in [-0.4, -0.2) is 19.7 Å². The van der Waals surface area contributed by atoms with Crippen molar-refractivity contribution in [2.24, 2.45) is 17.8 Å². The van der Waals surface area contributed by atoms with Crippen LogP contribution in [0.3, 0.4) is 0 Å². The number of hydrogen-bond acceptors (Lipinski definition) is 1. The summed E-state index contributed by atoms with van der Waals surface area (Å²) in [5.74, 6) is 2.25. The van der Waals surface area contributed by atoms with Crippen LogP contribution in [0.1, 0.15) is 39.0 Å². The predicted octanol–water partition coefficient (Wildman–Crippen LogP) is 2.84. The number of hydrogen-bond donors (Lipinski definition) is 1. The van der Waals surface area contributed by atoms with Gasteiger partial charge in [-0.1, -0.05) is 55.8 Å². The van der Waals surface area contributed by atoms with Gasteiger partial charge in [-0.2, -0.15) is 0 Å². The molecule has 3 rings (SSSR count). The van der Waals surface area contributed by atoms with Crippen molar-refractivity contribution in [3.8, 4) is 0 Å². The van der Waals surface area contributed by atoms with Gasteiger partial charge in [-0.05, 0) is 25.2 Å². The van der Waals surface area contributed by atoms with Crippen molar-refractivity contribution in [1.29, 1.82) is 0 Å². The van der Waals surface area contributed by atoms with Gasteiger partial charge >= 0.3 is 0 Å². The molecular weight excluding hydrogens is 258 g/mol. The summed E-state index contributed by atoms with van der Waals surface area (Å²) in [6.07, 6.45) is 3.98. The minimum atomic E-state index is 0.234. The highest BCUT2D eigenvalue weighted by atomic mass is 16.5. The zero-order chi connectivity index (χ0) is 14.8. The zero-order valence-electron chi connectivity index (χ0n) is 13.5. The van der Waals surface area contributed by atoms with Crippen molar-refractivity contribution in [2.75, 3.05) is 19.7 Å². The fourth-order valence-corrected chi connectivity index (χ4v) is 4.23. The fourth-order valence-electron chi connectivity index (χ4n) is 4.23. The highest BCUT2D eigenvalue weighted by Crippen LogP contribution is 2.32. The molecule has 1 aliphatic heterocycles. The van der Waals surface area contributed by atoms with Gasteiger partial charge in [0.1, 0.15) is 13.2 Å². The van der Waals surface area contributed by atoms with E-state index in [1.54, 1.807) is 10.5 Å². The van der Waals surface area contributed by atoms with Crippen molar-refractivity contribution >= 4 is 0 Å². The van der Waals surface area contributed by atoms with E-state index in [1.807, 2.05) is 0 Å².